The molecule has 0 aliphatic carbocycles. The molecule has 142 valence electrons. The molecule has 0 radical (unpaired) electrons. The maximum Gasteiger partial charge on any atom is 0.254 e. The lowest BCUT2D eigenvalue weighted by Crippen LogP contribution is -2.36. The molecule has 2 saturated heterocycles. The molecule has 27 heavy (non-hydrogen) atoms. The number of hydrogen-bond acceptors (Lipinski definition) is 2. The number of benzene rings is 2. The Morgan fingerprint density at radius 3 is 2.15 bits per heavy atom. The summed E-state index contributed by atoms with van der Waals surface area (Å²) in [5.41, 5.74) is 5.82. The fourth-order valence-corrected chi connectivity index (χ4v) is 4.31. The van der Waals surface area contributed by atoms with Crippen LogP contribution in [0.1, 0.15) is 59.2 Å². The van der Waals surface area contributed by atoms with Gasteiger partial charge in [-0.2, -0.15) is 0 Å². The normalized spacial score (nSPS) is 17.4. The second-order valence-corrected chi connectivity index (χ2v) is 8.04. The number of likely N-dealkylation sites (tertiary alicyclic amines) is 1. The van der Waals surface area contributed by atoms with Crippen molar-refractivity contribution < 1.29 is 4.79 Å². The van der Waals surface area contributed by atoms with Gasteiger partial charge in [-0.15, -0.1) is 0 Å². The minimum atomic E-state index is 0.207. The topological polar surface area (TPSA) is 23.6 Å². The van der Waals surface area contributed by atoms with E-state index in [-0.39, 0.29) is 5.91 Å². The van der Waals surface area contributed by atoms with E-state index in [0.717, 1.165) is 43.5 Å². The summed E-state index contributed by atoms with van der Waals surface area (Å²) in [5.74, 6) is 0.207. The van der Waals surface area contributed by atoms with E-state index < -0.39 is 0 Å². The summed E-state index contributed by atoms with van der Waals surface area (Å²) in [4.78, 5) is 17.4. The van der Waals surface area contributed by atoms with Crippen molar-refractivity contribution in [2.75, 3.05) is 31.1 Å². The van der Waals surface area contributed by atoms with Gasteiger partial charge in [-0.25, -0.2) is 0 Å². The number of aryl methyl sites for hydroxylation is 1. The van der Waals surface area contributed by atoms with Crippen LogP contribution in [-0.4, -0.2) is 37.0 Å². The molecule has 0 atom stereocenters. The van der Waals surface area contributed by atoms with Crippen LogP contribution in [0.2, 0.25) is 0 Å². The monoisotopic (exact) mass is 362 g/mol. The van der Waals surface area contributed by atoms with Gasteiger partial charge in [-0.3, -0.25) is 4.79 Å². The predicted octanol–water partition coefficient (Wildman–Crippen LogP) is 4.81. The van der Waals surface area contributed by atoms with Gasteiger partial charge in [-0.1, -0.05) is 24.3 Å². The number of carbonyl (C=O) groups is 1. The zero-order valence-electron chi connectivity index (χ0n) is 16.4. The Hall–Kier alpha value is -2.29. The number of rotatable bonds is 4. The molecule has 2 heterocycles. The number of carbonyl (C=O) groups excluding carboxylic acids is 1. The average Bonchev–Trinajstić information content (AvgIpc) is 3.25. The van der Waals surface area contributed by atoms with Crippen LogP contribution < -0.4 is 4.90 Å². The number of amides is 1. The van der Waals surface area contributed by atoms with Crippen LogP contribution in [0.25, 0.3) is 0 Å². The van der Waals surface area contributed by atoms with Gasteiger partial charge in [0.2, 0.25) is 0 Å². The van der Waals surface area contributed by atoms with Crippen molar-refractivity contribution in [2.45, 2.75) is 45.4 Å². The first-order valence-corrected chi connectivity index (χ1v) is 10.4. The summed E-state index contributed by atoms with van der Waals surface area (Å²) in [6, 6.07) is 15.3. The average molecular weight is 363 g/mol. The van der Waals surface area contributed by atoms with E-state index in [0.29, 0.717) is 0 Å². The number of hydrogen-bond donors (Lipinski definition) is 0. The van der Waals surface area contributed by atoms with Gasteiger partial charge >= 0.3 is 0 Å². The smallest absolute Gasteiger partial charge is 0.254 e. The van der Waals surface area contributed by atoms with E-state index >= 15 is 0 Å². The lowest BCUT2D eigenvalue weighted by Gasteiger charge is -2.27. The highest BCUT2D eigenvalue weighted by molar-refractivity contribution is 5.96. The molecule has 2 aliphatic heterocycles. The Morgan fingerprint density at radius 1 is 0.815 bits per heavy atom. The van der Waals surface area contributed by atoms with Gasteiger partial charge in [-0.05, 0) is 80.3 Å². The van der Waals surface area contributed by atoms with E-state index in [9.17, 15) is 4.79 Å². The van der Waals surface area contributed by atoms with Gasteiger partial charge in [0, 0.05) is 37.4 Å². The van der Waals surface area contributed by atoms with Crippen molar-refractivity contribution in [1.82, 2.24) is 4.90 Å². The minimum absolute atomic E-state index is 0.207. The van der Waals surface area contributed by atoms with Crippen LogP contribution >= 0.6 is 0 Å². The molecule has 2 fully saturated rings. The summed E-state index contributed by atoms with van der Waals surface area (Å²) in [7, 11) is 0. The molecule has 0 saturated carbocycles. The van der Waals surface area contributed by atoms with Crippen molar-refractivity contribution in [2.24, 2.45) is 0 Å². The molecule has 0 aromatic heterocycles. The summed E-state index contributed by atoms with van der Waals surface area (Å²) >= 11 is 0. The zero-order chi connectivity index (χ0) is 18.6. The van der Waals surface area contributed by atoms with Crippen molar-refractivity contribution in [3.05, 3.63) is 64.7 Å². The lowest BCUT2D eigenvalue weighted by molar-refractivity contribution is 0.0723. The van der Waals surface area contributed by atoms with Crippen molar-refractivity contribution in [3.8, 4) is 0 Å². The summed E-state index contributed by atoms with van der Waals surface area (Å²) in [6.07, 6.45) is 7.00. The second kappa shape index (κ2) is 8.16. The highest BCUT2D eigenvalue weighted by Crippen LogP contribution is 2.23. The first kappa shape index (κ1) is 18.1. The summed E-state index contributed by atoms with van der Waals surface area (Å²) < 4.78 is 0. The Balaban J connectivity index is 1.48. The molecule has 3 heteroatoms. The highest BCUT2D eigenvalue weighted by atomic mass is 16.2. The molecular formula is C24H30N2O. The number of nitrogens with zero attached hydrogens (tertiary/aromatic N) is 2. The molecule has 2 aromatic rings. The van der Waals surface area contributed by atoms with Crippen molar-refractivity contribution in [1.29, 1.82) is 0 Å². The van der Waals surface area contributed by atoms with Crippen LogP contribution in [-0.2, 0) is 6.42 Å². The van der Waals surface area contributed by atoms with E-state index in [1.165, 1.54) is 49.2 Å². The molecular weight excluding hydrogens is 332 g/mol. The quantitative estimate of drug-likeness (QED) is 0.779. The van der Waals surface area contributed by atoms with Crippen molar-refractivity contribution >= 4 is 11.6 Å². The van der Waals surface area contributed by atoms with E-state index in [2.05, 4.69) is 47.4 Å². The summed E-state index contributed by atoms with van der Waals surface area (Å²) in [5, 5.41) is 0. The largest absolute Gasteiger partial charge is 0.372 e. The SMILES string of the molecule is Cc1ccc(Cc2ccc(N3CCCC3)cc2)cc1C(=O)N1CCCCC1. The van der Waals surface area contributed by atoms with E-state index in [4.69, 9.17) is 0 Å². The third-order valence-corrected chi connectivity index (χ3v) is 5.99. The predicted molar refractivity (Wildman–Crippen MR) is 112 cm³/mol. The second-order valence-electron chi connectivity index (χ2n) is 8.04. The molecule has 2 aliphatic rings. The van der Waals surface area contributed by atoms with Crippen LogP contribution in [0.5, 0.6) is 0 Å². The van der Waals surface area contributed by atoms with Gasteiger partial charge < -0.3 is 9.80 Å². The zero-order valence-corrected chi connectivity index (χ0v) is 16.4. The number of piperidine rings is 1. The van der Waals surface area contributed by atoms with Gasteiger partial charge in [0.25, 0.3) is 5.91 Å². The third kappa shape index (κ3) is 4.18. The molecule has 0 N–H and O–H groups in total. The molecule has 0 bridgehead atoms. The lowest BCUT2D eigenvalue weighted by atomic mass is 9.98. The molecule has 4 rings (SSSR count). The highest BCUT2D eigenvalue weighted by Gasteiger charge is 2.20. The van der Waals surface area contributed by atoms with E-state index in [1.807, 2.05) is 11.8 Å². The molecule has 1 amide bonds. The van der Waals surface area contributed by atoms with Crippen LogP contribution in [0, 0.1) is 6.92 Å². The Labute approximate surface area is 163 Å². The van der Waals surface area contributed by atoms with Crippen molar-refractivity contribution in [3.63, 3.8) is 0 Å². The standard InChI is InChI=1S/C24H30N2O/c1-19-7-8-21(18-23(19)24(27)26-15-3-2-4-16-26)17-20-9-11-22(12-10-20)25-13-5-6-14-25/h7-12,18H,2-6,13-17H2,1H3. The molecule has 0 unspecified atom stereocenters. The van der Waals surface area contributed by atoms with E-state index in [1.54, 1.807) is 0 Å². The number of anilines is 1. The Kier molecular flexibility index (Phi) is 5.47. The van der Waals surface area contributed by atoms with Gasteiger partial charge in [0.1, 0.15) is 0 Å². The minimum Gasteiger partial charge on any atom is -0.372 e. The molecule has 2 aromatic carbocycles. The van der Waals surface area contributed by atoms with Crippen LogP contribution in [0.3, 0.4) is 0 Å². The molecule has 3 nitrogen and oxygen atoms in total. The summed E-state index contributed by atoms with van der Waals surface area (Å²) in [6.45, 7) is 6.21. The fraction of sp³-hybridized carbons (Fsp3) is 0.458. The van der Waals surface area contributed by atoms with Crippen LogP contribution in [0.4, 0.5) is 5.69 Å². The fourth-order valence-electron chi connectivity index (χ4n) is 4.31. The molecule has 0 spiro atoms. The first-order chi connectivity index (χ1) is 13.2. The first-order valence-electron chi connectivity index (χ1n) is 10.4. The Morgan fingerprint density at radius 2 is 1.44 bits per heavy atom. The van der Waals surface area contributed by atoms with Crippen LogP contribution in [0.15, 0.2) is 42.5 Å². The maximum absolute atomic E-state index is 12.9. The third-order valence-electron chi connectivity index (χ3n) is 5.99. The maximum atomic E-state index is 12.9. The van der Waals surface area contributed by atoms with Gasteiger partial charge in [0.15, 0.2) is 0 Å². The Bertz CT molecular complexity index is 785. The van der Waals surface area contributed by atoms with Gasteiger partial charge in [0.05, 0.1) is 0 Å².